The third-order valence-electron chi connectivity index (χ3n) is 8.53. The average Bonchev–Trinajstić information content (AvgIpc) is 3.20. The highest BCUT2D eigenvalue weighted by Gasteiger charge is 2.36. The van der Waals surface area contributed by atoms with Crippen LogP contribution in [0.1, 0.15) is 53.6 Å². The average molecular weight is 591 g/mol. The van der Waals surface area contributed by atoms with Crippen LogP contribution in [0.25, 0.3) is 10.8 Å². The van der Waals surface area contributed by atoms with Crippen molar-refractivity contribution in [2.75, 3.05) is 19.6 Å². The molecule has 1 aliphatic rings. The lowest BCUT2D eigenvalue weighted by Crippen LogP contribution is -2.51. The lowest BCUT2D eigenvalue weighted by molar-refractivity contribution is -0.135. The molecule has 1 fully saturated rings. The standard InChI is InChI=1S/C36H42N6O2/c1-25(33(27-12-4-2-5-13-27)28-14-6-3-7-15-28)42-22-20-31(41-32(35(42)44)17-10-21-39-36(37)38)24-40-34(43)30-19-18-26-11-8-9-16-29(26)23-30/h2-9,11-16,18-19,23,25,31-33,41H,10,17,20-22,24H2,1H3,(H,40,43)(H4,37,38,39)/t25-,31-,32-/m0/s1. The lowest BCUT2D eigenvalue weighted by Gasteiger charge is -2.36. The number of guanidine groups is 1. The molecule has 4 aromatic carbocycles. The second-order valence-corrected chi connectivity index (χ2v) is 11.5. The van der Waals surface area contributed by atoms with Gasteiger partial charge in [-0.15, -0.1) is 0 Å². The van der Waals surface area contributed by atoms with E-state index in [4.69, 9.17) is 11.1 Å². The highest BCUT2D eigenvalue weighted by molar-refractivity contribution is 5.98. The van der Waals surface area contributed by atoms with E-state index < -0.39 is 6.04 Å². The van der Waals surface area contributed by atoms with Gasteiger partial charge < -0.3 is 26.6 Å². The SMILES string of the molecule is C[C@@H](C(c1ccccc1)c1ccccc1)N1CC[C@@H](CNC(=O)c2ccc3ccccc3c2)N[C@@H](CCCNC(=N)N)C1=O. The molecular formula is C36H42N6O2. The Hall–Kier alpha value is -4.69. The predicted molar refractivity (Wildman–Crippen MR) is 177 cm³/mol. The number of nitrogens with zero attached hydrogens (tertiary/aromatic N) is 1. The third kappa shape index (κ3) is 7.63. The normalized spacial score (nSPS) is 17.7. The number of rotatable bonds is 11. The fraction of sp³-hybridized carbons (Fsp3) is 0.306. The molecule has 0 aromatic heterocycles. The van der Waals surface area contributed by atoms with Crippen molar-refractivity contribution in [3.8, 4) is 0 Å². The quantitative estimate of drug-likeness (QED) is 0.0992. The maximum absolute atomic E-state index is 14.2. The van der Waals surface area contributed by atoms with Gasteiger partial charge in [-0.05, 0) is 60.2 Å². The van der Waals surface area contributed by atoms with Crippen molar-refractivity contribution in [2.24, 2.45) is 5.73 Å². The van der Waals surface area contributed by atoms with Gasteiger partial charge in [-0.3, -0.25) is 15.0 Å². The van der Waals surface area contributed by atoms with Crippen molar-refractivity contribution in [3.63, 3.8) is 0 Å². The van der Waals surface area contributed by atoms with Gasteiger partial charge in [0.15, 0.2) is 5.96 Å². The first kappa shape index (κ1) is 30.8. The molecule has 0 spiro atoms. The summed E-state index contributed by atoms with van der Waals surface area (Å²) in [7, 11) is 0. The Labute approximate surface area is 259 Å². The van der Waals surface area contributed by atoms with Crippen molar-refractivity contribution in [1.29, 1.82) is 5.41 Å². The van der Waals surface area contributed by atoms with Crippen molar-refractivity contribution in [2.45, 2.75) is 50.2 Å². The van der Waals surface area contributed by atoms with E-state index in [0.29, 0.717) is 44.5 Å². The predicted octanol–water partition coefficient (Wildman–Crippen LogP) is 4.61. The van der Waals surface area contributed by atoms with Crippen LogP contribution in [0.3, 0.4) is 0 Å². The van der Waals surface area contributed by atoms with Crippen LogP contribution in [0.2, 0.25) is 0 Å². The van der Waals surface area contributed by atoms with E-state index >= 15 is 0 Å². The van der Waals surface area contributed by atoms with Gasteiger partial charge in [0.05, 0.1) is 6.04 Å². The molecule has 0 saturated carbocycles. The van der Waals surface area contributed by atoms with Gasteiger partial charge in [0.25, 0.3) is 5.91 Å². The maximum atomic E-state index is 14.2. The first-order valence-corrected chi connectivity index (χ1v) is 15.4. The van der Waals surface area contributed by atoms with Crippen LogP contribution < -0.4 is 21.7 Å². The van der Waals surface area contributed by atoms with Gasteiger partial charge in [0.1, 0.15) is 0 Å². The Morgan fingerprint density at radius 2 is 1.57 bits per heavy atom. The summed E-state index contributed by atoms with van der Waals surface area (Å²) in [5.41, 5.74) is 8.42. The van der Waals surface area contributed by atoms with E-state index in [9.17, 15) is 9.59 Å². The van der Waals surface area contributed by atoms with E-state index in [1.54, 1.807) is 0 Å². The zero-order valence-corrected chi connectivity index (χ0v) is 25.2. The molecule has 2 amide bonds. The molecule has 228 valence electrons. The molecule has 8 nitrogen and oxygen atoms in total. The van der Waals surface area contributed by atoms with Gasteiger partial charge in [-0.1, -0.05) is 91.0 Å². The summed E-state index contributed by atoms with van der Waals surface area (Å²) in [4.78, 5) is 29.4. The van der Waals surface area contributed by atoms with Crippen molar-refractivity contribution < 1.29 is 9.59 Å². The number of carbonyl (C=O) groups is 2. The molecule has 5 rings (SSSR count). The second-order valence-electron chi connectivity index (χ2n) is 11.5. The van der Waals surface area contributed by atoms with Crippen LogP contribution in [-0.2, 0) is 4.79 Å². The lowest BCUT2D eigenvalue weighted by atomic mass is 9.84. The largest absolute Gasteiger partial charge is 0.370 e. The van der Waals surface area contributed by atoms with Gasteiger partial charge in [-0.2, -0.15) is 0 Å². The number of hydrogen-bond donors (Lipinski definition) is 5. The molecule has 1 saturated heterocycles. The first-order valence-electron chi connectivity index (χ1n) is 15.4. The zero-order chi connectivity index (χ0) is 30.9. The number of nitrogens with two attached hydrogens (primary N) is 1. The van der Waals surface area contributed by atoms with Crippen molar-refractivity contribution >= 4 is 28.5 Å². The number of carbonyl (C=O) groups excluding carboxylic acids is 2. The van der Waals surface area contributed by atoms with E-state index in [0.717, 1.165) is 21.9 Å². The van der Waals surface area contributed by atoms with Gasteiger partial charge >= 0.3 is 0 Å². The maximum Gasteiger partial charge on any atom is 0.251 e. The third-order valence-corrected chi connectivity index (χ3v) is 8.53. The molecule has 0 radical (unpaired) electrons. The summed E-state index contributed by atoms with van der Waals surface area (Å²) < 4.78 is 0. The molecule has 0 unspecified atom stereocenters. The number of hydrogen-bond acceptors (Lipinski definition) is 4. The summed E-state index contributed by atoms with van der Waals surface area (Å²) in [5.74, 6) is -0.150. The molecule has 4 aromatic rings. The fourth-order valence-electron chi connectivity index (χ4n) is 6.24. The molecule has 0 bridgehead atoms. The zero-order valence-electron chi connectivity index (χ0n) is 25.2. The highest BCUT2D eigenvalue weighted by Crippen LogP contribution is 2.32. The molecule has 8 heteroatoms. The van der Waals surface area contributed by atoms with Gasteiger partial charge in [0.2, 0.25) is 5.91 Å². The van der Waals surface area contributed by atoms with Gasteiger partial charge in [-0.25, -0.2) is 0 Å². The van der Waals surface area contributed by atoms with E-state index in [1.807, 2.05) is 83.8 Å². The molecule has 3 atom stereocenters. The van der Waals surface area contributed by atoms with Crippen LogP contribution >= 0.6 is 0 Å². The van der Waals surface area contributed by atoms with Crippen molar-refractivity contribution in [1.82, 2.24) is 20.9 Å². The van der Waals surface area contributed by atoms with Crippen LogP contribution in [-0.4, -0.2) is 60.4 Å². The Bertz CT molecular complexity index is 1520. The summed E-state index contributed by atoms with van der Waals surface area (Å²) in [6.07, 6.45) is 1.95. The molecule has 1 heterocycles. The topological polar surface area (TPSA) is 123 Å². The minimum absolute atomic E-state index is 0.00513. The summed E-state index contributed by atoms with van der Waals surface area (Å²) >= 11 is 0. The van der Waals surface area contributed by atoms with Crippen LogP contribution in [0.5, 0.6) is 0 Å². The molecule has 1 aliphatic heterocycles. The fourth-order valence-corrected chi connectivity index (χ4v) is 6.24. The Balaban J connectivity index is 1.34. The minimum atomic E-state index is -0.427. The summed E-state index contributed by atoms with van der Waals surface area (Å²) in [6.45, 7) is 3.63. The Kier molecular flexibility index (Phi) is 10.2. The van der Waals surface area contributed by atoms with Gasteiger partial charge in [0, 0.05) is 43.2 Å². The van der Waals surface area contributed by atoms with E-state index in [1.165, 1.54) is 0 Å². The Morgan fingerprint density at radius 1 is 0.932 bits per heavy atom. The molecule has 0 aliphatic carbocycles. The van der Waals surface area contributed by atoms with Crippen LogP contribution in [0, 0.1) is 5.41 Å². The number of nitrogens with one attached hydrogen (secondary N) is 4. The van der Waals surface area contributed by atoms with E-state index in [2.05, 4.69) is 47.1 Å². The second kappa shape index (κ2) is 14.7. The first-order chi connectivity index (χ1) is 21.4. The smallest absolute Gasteiger partial charge is 0.251 e. The van der Waals surface area contributed by atoms with Crippen molar-refractivity contribution in [3.05, 3.63) is 120 Å². The summed E-state index contributed by atoms with van der Waals surface area (Å²) in [6, 6.07) is 33.8. The highest BCUT2D eigenvalue weighted by atomic mass is 16.2. The van der Waals surface area contributed by atoms with Crippen LogP contribution in [0.15, 0.2) is 103 Å². The number of amides is 2. The minimum Gasteiger partial charge on any atom is -0.370 e. The monoisotopic (exact) mass is 590 g/mol. The van der Waals surface area contributed by atoms with Crippen LogP contribution in [0.4, 0.5) is 0 Å². The molecule has 44 heavy (non-hydrogen) atoms. The Morgan fingerprint density at radius 3 is 2.23 bits per heavy atom. The molecular weight excluding hydrogens is 548 g/mol. The van der Waals surface area contributed by atoms with E-state index in [-0.39, 0.29) is 35.8 Å². The number of fused-ring (bicyclic) bond motifs is 1. The molecule has 6 N–H and O–H groups in total. The summed E-state index contributed by atoms with van der Waals surface area (Å²) in [5, 5.41) is 19.1. The number of benzene rings is 4.